The van der Waals surface area contributed by atoms with Crippen molar-refractivity contribution in [2.75, 3.05) is 45.8 Å². The largest absolute Gasteiger partial charge is 0.326 e. The van der Waals surface area contributed by atoms with Gasteiger partial charge >= 0.3 is 6.03 Å². The Kier molecular flexibility index (Phi) is 6.88. The number of benzene rings is 1. The van der Waals surface area contributed by atoms with Crippen LogP contribution in [0.25, 0.3) is 0 Å². The SMILES string of the molecule is CS[C@@H](C)c1cccc(NC(=O)N(C)CCN(C)C)c1. The van der Waals surface area contributed by atoms with Crippen LogP contribution >= 0.6 is 11.8 Å². The minimum absolute atomic E-state index is 0.0687. The summed E-state index contributed by atoms with van der Waals surface area (Å²) < 4.78 is 0. The standard InChI is InChI=1S/C15H25N3OS/c1-12(20-5)13-7-6-8-14(11-13)16-15(19)18(4)10-9-17(2)3/h6-8,11-12H,9-10H2,1-5H3,(H,16,19)/t12-/m0/s1. The fraction of sp³-hybridized carbons (Fsp3) is 0.533. The van der Waals surface area contributed by atoms with E-state index in [4.69, 9.17) is 0 Å². The first-order valence-corrected chi connectivity index (χ1v) is 8.02. The van der Waals surface area contributed by atoms with E-state index >= 15 is 0 Å². The second-order valence-electron chi connectivity index (χ2n) is 5.16. The lowest BCUT2D eigenvalue weighted by Crippen LogP contribution is -2.36. The molecule has 0 saturated heterocycles. The van der Waals surface area contributed by atoms with E-state index in [-0.39, 0.29) is 6.03 Å². The molecule has 1 aromatic rings. The Labute approximate surface area is 126 Å². The minimum Gasteiger partial charge on any atom is -0.326 e. The lowest BCUT2D eigenvalue weighted by molar-refractivity contribution is 0.217. The summed E-state index contributed by atoms with van der Waals surface area (Å²) in [6.07, 6.45) is 2.09. The first kappa shape index (κ1) is 16.9. The van der Waals surface area contributed by atoms with Crippen LogP contribution in [0.5, 0.6) is 0 Å². The fourth-order valence-electron chi connectivity index (χ4n) is 1.68. The van der Waals surface area contributed by atoms with E-state index in [0.717, 1.165) is 12.2 Å². The van der Waals surface area contributed by atoms with Gasteiger partial charge in [0.05, 0.1) is 0 Å². The molecule has 0 unspecified atom stereocenters. The molecule has 1 atom stereocenters. The average molecular weight is 295 g/mol. The van der Waals surface area contributed by atoms with Crippen molar-refractivity contribution in [1.29, 1.82) is 0 Å². The van der Waals surface area contributed by atoms with E-state index < -0.39 is 0 Å². The fourth-order valence-corrected chi connectivity index (χ4v) is 2.09. The van der Waals surface area contributed by atoms with E-state index in [2.05, 4.69) is 29.5 Å². The predicted octanol–water partition coefficient (Wildman–Crippen LogP) is 3.14. The summed E-state index contributed by atoms with van der Waals surface area (Å²) in [5.74, 6) is 0. The third-order valence-corrected chi connectivity index (χ3v) is 4.17. The number of amides is 2. The van der Waals surface area contributed by atoms with Crippen LogP contribution in [-0.2, 0) is 0 Å². The minimum atomic E-state index is -0.0687. The molecule has 1 aromatic carbocycles. The maximum Gasteiger partial charge on any atom is 0.321 e. The van der Waals surface area contributed by atoms with Gasteiger partial charge in [-0.1, -0.05) is 12.1 Å². The summed E-state index contributed by atoms with van der Waals surface area (Å²) in [5, 5.41) is 3.37. The highest BCUT2D eigenvalue weighted by atomic mass is 32.2. The second kappa shape index (κ2) is 8.17. The number of likely N-dealkylation sites (N-methyl/N-ethyl adjacent to an activating group) is 2. The van der Waals surface area contributed by atoms with Crippen LogP contribution in [0.15, 0.2) is 24.3 Å². The number of carbonyl (C=O) groups is 1. The molecule has 0 aliphatic carbocycles. The molecule has 4 nitrogen and oxygen atoms in total. The molecule has 20 heavy (non-hydrogen) atoms. The van der Waals surface area contributed by atoms with Crippen molar-refractivity contribution in [3.8, 4) is 0 Å². The maximum absolute atomic E-state index is 12.1. The number of thioether (sulfide) groups is 1. The molecule has 112 valence electrons. The molecule has 0 bridgehead atoms. The van der Waals surface area contributed by atoms with Gasteiger partial charge in [0.1, 0.15) is 0 Å². The molecule has 1 rings (SSSR count). The zero-order chi connectivity index (χ0) is 15.1. The molecular weight excluding hydrogens is 270 g/mol. The summed E-state index contributed by atoms with van der Waals surface area (Å²) in [6.45, 7) is 3.72. The lowest BCUT2D eigenvalue weighted by Gasteiger charge is -2.20. The maximum atomic E-state index is 12.1. The highest BCUT2D eigenvalue weighted by molar-refractivity contribution is 7.98. The highest BCUT2D eigenvalue weighted by Gasteiger charge is 2.10. The van der Waals surface area contributed by atoms with Crippen molar-refractivity contribution in [3.05, 3.63) is 29.8 Å². The van der Waals surface area contributed by atoms with Crippen molar-refractivity contribution in [2.45, 2.75) is 12.2 Å². The van der Waals surface area contributed by atoms with Crippen LogP contribution in [0.2, 0.25) is 0 Å². The molecule has 0 spiro atoms. The van der Waals surface area contributed by atoms with Crippen molar-refractivity contribution >= 4 is 23.5 Å². The van der Waals surface area contributed by atoms with Crippen molar-refractivity contribution < 1.29 is 4.79 Å². The van der Waals surface area contributed by atoms with Gasteiger partial charge < -0.3 is 15.1 Å². The monoisotopic (exact) mass is 295 g/mol. The molecule has 5 heteroatoms. The number of carbonyl (C=O) groups excluding carboxylic acids is 1. The van der Waals surface area contributed by atoms with Crippen LogP contribution in [0.1, 0.15) is 17.7 Å². The van der Waals surface area contributed by atoms with E-state index in [0.29, 0.717) is 11.8 Å². The number of hydrogen-bond donors (Lipinski definition) is 1. The smallest absolute Gasteiger partial charge is 0.321 e. The first-order valence-electron chi connectivity index (χ1n) is 6.73. The van der Waals surface area contributed by atoms with Crippen molar-refractivity contribution in [1.82, 2.24) is 9.80 Å². The lowest BCUT2D eigenvalue weighted by atomic mass is 10.1. The summed E-state index contributed by atoms with van der Waals surface area (Å²) in [5.41, 5.74) is 2.08. The Morgan fingerprint density at radius 2 is 2.00 bits per heavy atom. The summed E-state index contributed by atoms with van der Waals surface area (Å²) >= 11 is 1.79. The molecule has 2 amide bonds. The van der Waals surface area contributed by atoms with Crippen molar-refractivity contribution in [2.24, 2.45) is 0 Å². The van der Waals surface area contributed by atoms with Gasteiger partial charge in [-0.05, 0) is 45.0 Å². The van der Waals surface area contributed by atoms with E-state index in [1.165, 1.54) is 5.56 Å². The molecule has 0 aromatic heterocycles. The van der Waals surface area contributed by atoms with Gasteiger partial charge in [-0.2, -0.15) is 11.8 Å². The summed E-state index contributed by atoms with van der Waals surface area (Å²) in [4.78, 5) is 15.8. The van der Waals surface area contributed by atoms with E-state index in [1.54, 1.807) is 16.7 Å². The van der Waals surface area contributed by atoms with Gasteiger partial charge in [0.15, 0.2) is 0 Å². The second-order valence-corrected chi connectivity index (χ2v) is 6.34. The Bertz CT molecular complexity index is 437. The number of anilines is 1. The van der Waals surface area contributed by atoms with Gasteiger partial charge in [-0.15, -0.1) is 0 Å². The van der Waals surface area contributed by atoms with Crippen LogP contribution in [0, 0.1) is 0 Å². The number of nitrogens with zero attached hydrogens (tertiary/aromatic N) is 2. The Morgan fingerprint density at radius 1 is 1.30 bits per heavy atom. The number of rotatable bonds is 6. The molecule has 1 N–H and O–H groups in total. The van der Waals surface area contributed by atoms with Gasteiger partial charge in [0.25, 0.3) is 0 Å². The molecular formula is C15H25N3OS. The Morgan fingerprint density at radius 3 is 2.60 bits per heavy atom. The molecule has 0 aliphatic heterocycles. The van der Waals surface area contributed by atoms with Crippen molar-refractivity contribution in [3.63, 3.8) is 0 Å². The highest BCUT2D eigenvalue weighted by Crippen LogP contribution is 2.27. The van der Waals surface area contributed by atoms with Gasteiger partial charge in [-0.25, -0.2) is 4.79 Å². The molecule has 0 heterocycles. The summed E-state index contributed by atoms with van der Waals surface area (Å²) in [7, 11) is 5.81. The van der Waals surface area contributed by atoms with Gasteiger partial charge in [-0.3, -0.25) is 0 Å². The van der Waals surface area contributed by atoms with Crippen LogP contribution < -0.4 is 5.32 Å². The third kappa shape index (κ3) is 5.43. The molecule has 0 radical (unpaired) electrons. The van der Waals surface area contributed by atoms with Crippen LogP contribution in [0.3, 0.4) is 0 Å². The quantitative estimate of drug-likeness (QED) is 0.876. The molecule has 0 fully saturated rings. The van der Waals surface area contributed by atoms with Crippen LogP contribution in [0.4, 0.5) is 10.5 Å². The Balaban J connectivity index is 2.61. The first-order chi connectivity index (χ1) is 9.43. The normalized spacial score (nSPS) is 12.3. The number of hydrogen-bond acceptors (Lipinski definition) is 3. The van der Waals surface area contributed by atoms with Gasteiger partial charge in [0, 0.05) is 31.1 Å². The number of nitrogens with one attached hydrogen (secondary N) is 1. The predicted molar refractivity (Wildman–Crippen MR) is 88.6 cm³/mol. The Hall–Kier alpha value is -1.20. The zero-order valence-corrected chi connectivity index (χ0v) is 13.8. The zero-order valence-electron chi connectivity index (χ0n) is 13.0. The average Bonchev–Trinajstić information content (AvgIpc) is 2.43. The van der Waals surface area contributed by atoms with E-state index in [9.17, 15) is 4.79 Å². The van der Waals surface area contributed by atoms with E-state index in [1.807, 2.05) is 39.3 Å². The summed E-state index contributed by atoms with van der Waals surface area (Å²) in [6, 6.07) is 7.97. The van der Waals surface area contributed by atoms with Gasteiger partial charge in [0.2, 0.25) is 0 Å². The molecule has 0 aliphatic rings. The number of urea groups is 1. The molecule has 0 saturated carbocycles. The topological polar surface area (TPSA) is 35.6 Å². The van der Waals surface area contributed by atoms with Crippen LogP contribution in [-0.4, -0.2) is 56.3 Å². The third-order valence-electron chi connectivity index (χ3n) is 3.19.